The molecule has 0 spiro atoms. The Morgan fingerprint density at radius 3 is 2.36 bits per heavy atom. The molecule has 76 valence electrons. The largest absolute Gasteiger partial charge is 0.294 e. The summed E-state index contributed by atoms with van der Waals surface area (Å²) in [6.45, 7) is 3.25. The molecule has 0 aliphatic carbocycles. The van der Waals surface area contributed by atoms with Gasteiger partial charge in [-0.05, 0) is 6.07 Å². The van der Waals surface area contributed by atoms with Crippen molar-refractivity contribution in [3.8, 4) is 0 Å². The topological polar surface area (TPSA) is 17.1 Å². The maximum Gasteiger partial charge on any atom is 0.169 e. The minimum Gasteiger partial charge on any atom is -0.294 e. The molecular formula is C10H9ClF2O. The van der Waals surface area contributed by atoms with E-state index in [9.17, 15) is 13.6 Å². The third-order valence-electron chi connectivity index (χ3n) is 1.78. The Morgan fingerprint density at radius 2 is 1.93 bits per heavy atom. The van der Waals surface area contributed by atoms with Crippen LogP contribution in [-0.4, -0.2) is 5.78 Å². The molecule has 0 saturated heterocycles. The fourth-order valence-corrected chi connectivity index (χ4v) is 1.35. The SMILES string of the molecule is CC(C)C(=O)c1c(F)cc(F)cc1Cl. The number of carbonyl (C=O) groups is 1. The molecule has 0 aromatic heterocycles. The van der Waals surface area contributed by atoms with Crippen molar-refractivity contribution in [1.29, 1.82) is 0 Å². The number of hydrogen-bond acceptors (Lipinski definition) is 1. The number of halogens is 3. The molecule has 0 saturated carbocycles. The van der Waals surface area contributed by atoms with Crippen LogP contribution >= 0.6 is 11.6 Å². The Hall–Kier alpha value is -0.960. The first-order valence-electron chi connectivity index (χ1n) is 4.12. The average molecular weight is 219 g/mol. The van der Waals surface area contributed by atoms with E-state index in [1.54, 1.807) is 13.8 Å². The summed E-state index contributed by atoms with van der Waals surface area (Å²) in [7, 11) is 0. The van der Waals surface area contributed by atoms with Crippen molar-refractivity contribution in [3.05, 3.63) is 34.4 Å². The van der Waals surface area contributed by atoms with Crippen LogP contribution in [0.2, 0.25) is 5.02 Å². The standard InChI is InChI=1S/C10H9ClF2O/c1-5(2)10(14)9-7(11)3-6(12)4-8(9)13/h3-5H,1-2H3. The van der Waals surface area contributed by atoms with E-state index >= 15 is 0 Å². The number of benzene rings is 1. The third-order valence-corrected chi connectivity index (χ3v) is 2.08. The van der Waals surface area contributed by atoms with Gasteiger partial charge in [-0.25, -0.2) is 8.78 Å². The highest BCUT2D eigenvalue weighted by atomic mass is 35.5. The monoisotopic (exact) mass is 218 g/mol. The van der Waals surface area contributed by atoms with E-state index < -0.39 is 17.4 Å². The van der Waals surface area contributed by atoms with Gasteiger partial charge in [-0.1, -0.05) is 25.4 Å². The lowest BCUT2D eigenvalue weighted by Crippen LogP contribution is -2.10. The van der Waals surface area contributed by atoms with Gasteiger partial charge in [0.25, 0.3) is 0 Å². The van der Waals surface area contributed by atoms with Gasteiger partial charge in [0.05, 0.1) is 10.6 Å². The highest BCUT2D eigenvalue weighted by molar-refractivity contribution is 6.34. The van der Waals surface area contributed by atoms with Crippen LogP contribution in [0.4, 0.5) is 8.78 Å². The van der Waals surface area contributed by atoms with Crippen LogP contribution < -0.4 is 0 Å². The molecule has 0 unspecified atom stereocenters. The molecule has 0 radical (unpaired) electrons. The molecule has 1 rings (SSSR count). The predicted molar refractivity (Wildman–Crippen MR) is 50.5 cm³/mol. The van der Waals surface area contributed by atoms with Crippen LogP contribution in [0.25, 0.3) is 0 Å². The predicted octanol–water partition coefficient (Wildman–Crippen LogP) is 3.46. The quantitative estimate of drug-likeness (QED) is 0.695. The number of Topliss-reactive ketones (excluding diaryl/α,β-unsaturated/α-hetero) is 1. The molecule has 0 amide bonds. The molecule has 0 atom stereocenters. The Morgan fingerprint density at radius 1 is 1.36 bits per heavy atom. The Bertz CT molecular complexity index is 351. The lowest BCUT2D eigenvalue weighted by Gasteiger charge is -2.07. The normalized spacial score (nSPS) is 10.7. The second-order valence-electron chi connectivity index (χ2n) is 3.26. The van der Waals surface area contributed by atoms with Crippen LogP contribution in [0.5, 0.6) is 0 Å². The fraction of sp³-hybridized carbons (Fsp3) is 0.300. The van der Waals surface area contributed by atoms with E-state index in [0.717, 1.165) is 6.07 Å². The van der Waals surface area contributed by atoms with E-state index in [1.807, 2.05) is 0 Å². The van der Waals surface area contributed by atoms with E-state index in [0.29, 0.717) is 6.07 Å². The molecule has 1 nitrogen and oxygen atoms in total. The second-order valence-corrected chi connectivity index (χ2v) is 3.67. The van der Waals surface area contributed by atoms with Crippen LogP contribution in [0.3, 0.4) is 0 Å². The zero-order valence-electron chi connectivity index (χ0n) is 7.77. The zero-order valence-corrected chi connectivity index (χ0v) is 8.53. The highest BCUT2D eigenvalue weighted by Crippen LogP contribution is 2.23. The van der Waals surface area contributed by atoms with Gasteiger partial charge in [0.15, 0.2) is 5.78 Å². The summed E-state index contributed by atoms with van der Waals surface area (Å²) in [5, 5.41) is -0.179. The summed E-state index contributed by atoms with van der Waals surface area (Å²) in [5.41, 5.74) is -0.233. The summed E-state index contributed by atoms with van der Waals surface area (Å²) >= 11 is 5.57. The summed E-state index contributed by atoms with van der Waals surface area (Å²) in [5.74, 6) is -2.48. The van der Waals surface area contributed by atoms with Crippen LogP contribution in [0, 0.1) is 17.6 Å². The van der Waals surface area contributed by atoms with E-state index in [-0.39, 0.29) is 16.5 Å². The summed E-state index contributed by atoms with van der Waals surface area (Å²) in [6, 6.07) is 1.59. The molecular weight excluding hydrogens is 210 g/mol. The zero-order chi connectivity index (χ0) is 10.9. The number of ketones is 1. The summed E-state index contributed by atoms with van der Waals surface area (Å²) < 4.78 is 25.8. The molecule has 0 aliphatic heterocycles. The van der Waals surface area contributed by atoms with Crippen molar-refractivity contribution in [2.24, 2.45) is 5.92 Å². The molecule has 0 N–H and O–H groups in total. The van der Waals surface area contributed by atoms with Crippen molar-refractivity contribution in [2.75, 3.05) is 0 Å². The molecule has 0 fully saturated rings. The van der Waals surface area contributed by atoms with Crippen molar-refractivity contribution >= 4 is 17.4 Å². The minimum absolute atomic E-state index is 0.179. The van der Waals surface area contributed by atoms with Gasteiger partial charge in [0.2, 0.25) is 0 Å². The smallest absolute Gasteiger partial charge is 0.169 e. The third kappa shape index (κ3) is 2.10. The Labute approximate surface area is 85.7 Å². The maximum atomic E-state index is 13.2. The fourth-order valence-electron chi connectivity index (χ4n) is 1.07. The molecule has 0 heterocycles. The van der Waals surface area contributed by atoms with E-state index in [2.05, 4.69) is 0 Å². The lowest BCUT2D eigenvalue weighted by atomic mass is 10.0. The minimum atomic E-state index is -0.909. The molecule has 0 aliphatic rings. The first kappa shape index (κ1) is 11.1. The van der Waals surface area contributed by atoms with Crippen molar-refractivity contribution in [1.82, 2.24) is 0 Å². The number of hydrogen-bond donors (Lipinski definition) is 0. The van der Waals surface area contributed by atoms with Crippen LogP contribution in [-0.2, 0) is 0 Å². The van der Waals surface area contributed by atoms with Gasteiger partial charge in [-0.15, -0.1) is 0 Å². The Kier molecular flexibility index (Phi) is 3.21. The molecule has 4 heteroatoms. The van der Waals surface area contributed by atoms with Crippen LogP contribution in [0.1, 0.15) is 24.2 Å². The average Bonchev–Trinajstić information content (AvgIpc) is 2.01. The molecule has 0 bridgehead atoms. The van der Waals surface area contributed by atoms with Crippen molar-refractivity contribution in [3.63, 3.8) is 0 Å². The van der Waals surface area contributed by atoms with Gasteiger partial charge in [0, 0.05) is 12.0 Å². The number of carbonyl (C=O) groups excluding carboxylic acids is 1. The first-order chi connectivity index (χ1) is 6.43. The van der Waals surface area contributed by atoms with Gasteiger partial charge in [0.1, 0.15) is 11.6 Å². The van der Waals surface area contributed by atoms with Gasteiger partial charge in [-0.2, -0.15) is 0 Å². The number of rotatable bonds is 2. The van der Waals surface area contributed by atoms with Crippen LogP contribution in [0.15, 0.2) is 12.1 Å². The second kappa shape index (κ2) is 4.05. The summed E-state index contributed by atoms with van der Waals surface area (Å²) in [4.78, 5) is 11.5. The van der Waals surface area contributed by atoms with Crippen molar-refractivity contribution < 1.29 is 13.6 Å². The van der Waals surface area contributed by atoms with Gasteiger partial charge in [-0.3, -0.25) is 4.79 Å². The Balaban J connectivity index is 3.28. The lowest BCUT2D eigenvalue weighted by molar-refractivity contribution is 0.0935. The van der Waals surface area contributed by atoms with Gasteiger partial charge >= 0.3 is 0 Å². The van der Waals surface area contributed by atoms with Crippen molar-refractivity contribution in [2.45, 2.75) is 13.8 Å². The van der Waals surface area contributed by atoms with E-state index in [1.165, 1.54) is 0 Å². The van der Waals surface area contributed by atoms with E-state index in [4.69, 9.17) is 11.6 Å². The molecule has 1 aromatic carbocycles. The molecule has 14 heavy (non-hydrogen) atoms. The highest BCUT2D eigenvalue weighted by Gasteiger charge is 2.19. The maximum absolute atomic E-state index is 13.2. The summed E-state index contributed by atoms with van der Waals surface area (Å²) in [6.07, 6.45) is 0. The molecule has 1 aromatic rings. The first-order valence-corrected chi connectivity index (χ1v) is 4.50. The van der Waals surface area contributed by atoms with Gasteiger partial charge < -0.3 is 0 Å².